The number of ketones is 1. The fourth-order valence-electron chi connectivity index (χ4n) is 1.86. The van der Waals surface area contributed by atoms with Gasteiger partial charge in [-0.3, -0.25) is 9.59 Å². The molecular weight excluding hydrogens is 286 g/mol. The maximum atomic E-state index is 12.5. The largest absolute Gasteiger partial charge is 0.355 e. The molecule has 0 aliphatic heterocycles. The predicted octanol–water partition coefficient (Wildman–Crippen LogP) is 2.30. The highest BCUT2D eigenvalue weighted by Crippen LogP contribution is 2.24. The van der Waals surface area contributed by atoms with Gasteiger partial charge in [0.25, 0.3) is 5.91 Å². The highest BCUT2D eigenvalue weighted by Gasteiger charge is 2.25. The van der Waals surface area contributed by atoms with Gasteiger partial charge in [0.15, 0.2) is 11.7 Å². The Balaban J connectivity index is 2.35. The maximum absolute atomic E-state index is 12.5. The molecule has 1 heterocycles. The molecule has 1 N–H and O–H groups in total. The quantitative estimate of drug-likeness (QED) is 0.878. The number of Topliss-reactive ketones (excluding diaryl/α,β-unsaturated/α-hetero) is 1. The molecule has 106 valence electrons. The molecule has 1 aromatic carbocycles. The zero-order chi connectivity index (χ0) is 15.4. The zero-order valence-electron chi connectivity index (χ0n) is 11.6. The van der Waals surface area contributed by atoms with Gasteiger partial charge in [-0.1, -0.05) is 12.1 Å². The van der Waals surface area contributed by atoms with E-state index in [1.54, 1.807) is 23.6 Å². The van der Waals surface area contributed by atoms with E-state index in [-0.39, 0.29) is 11.7 Å². The minimum absolute atomic E-state index is 0.275. The average molecular weight is 299 g/mol. The summed E-state index contributed by atoms with van der Waals surface area (Å²) in [6.07, 6.45) is 0. The molecule has 0 bridgehead atoms. The van der Waals surface area contributed by atoms with Crippen molar-refractivity contribution in [3.05, 3.63) is 51.5 Å². The molecule has 0 radical (unpaired) electrons. The number of nitrogens with one attached hydrogen (secondary N) is 1. The molecule has 1 unspecified atom stereocenters. The van der Waals surface area contributed by atoms with E-state index in [0.717, 1.165) is 5.69 Å². The van der Waals surface area contributed by atoms with Crippen molar-refractivity contribution >= 4 is 23.0 Å². The van der Waals surface area contributed by atoms with Crippen LogP contribution in [0.5, 0.6) is 0 Å². The lowest BCUT2D eigenvalue weighted by atomic mass is 9.97. The number of carbonyl (C=O) groups excluding carboxylic acids is 2. The van der Waals surface area contributed by atoms with E-state index < -0.39 is 5.92 Å². The highest BCUT2D eigenvalue weighted by atomic mass is 32.1. The number of amides is 1. The first kappa shape index (κ1) is 14.9. The summed E-state index contributed by atoms with van der Waals surface area (Å²) in [5.41, 5.74) is 1.49. The summed E-state index contributed by atoms with van der Waals surface area (Å²) in [5.74, 6) is -1.57. The summed E-state index contributed by atoms with van der Waals surface area (Å²) in [6.45, 7) is 1.81. The number of thiazole rings is 1. The van der Waals surface area contributed by atoms with E-state index in [9.17, 15) is 14.9 Å². The second-order valence-corrected chi connectivity index (χ2v) is 5.30. The van der Waals surface area contributed by atoms with Crippen LogP contribution in [0.2, 0.25) is 0 Å². The maximum Gasteiger partial charge on any atom is 0.251 e. The lowest BCUT2D eigenvalue weighted by Gasteiger charge is -2.07. The lowest BCUT2D eigenvalue weighted by molar-refractivity contribution is 0.0963. The number of hydrogen-bond donors (Lipinski definition) is 1. The topological polar surface area (TPSA) is 82.9 Å². The Morgan fingerprint density at radius 1 is 1.38 bits per heavy atom. The summed E-state index contributed by atoms with van der Waals surface area (Å²) in [6, 6.07) is 8.32. The molecule has 2 rings (SSSR count). The Labute approximate surface area is 126 Å². The van der Waals surface area contributed by atoms with Crippen LogP contribution in [0, 0.1) is 18.3 Å². The lowest BCUT2D eigenvalue weighted by Crippen LogP contribution is -2.19. The van der Waals surface area contributed by atoms with Crippen LogP contribution >= 0.6 is 11.3 Å². The van der Waals surface area contributed by atoms with Crippen LogP contribution in [0.3, 0.4) is 0 Å². The number of hydrogen-bond acceptors (Lipinski definition) is 5. The predicted molar refractivity (Wildman–Crippen MR) is 79.4 cm³/mol. The molecule has 21 heavy (non-hydrogen) atoms. The summed E-state index contributed by atoms with van der Waals surface area (Å²) in [5, 5.41) is 14.0. The molecule has 0 spiro atoms. The SMILES string of the molecule is CNC(=O)c1cccc(C(=O)C(C#N)c2nc(C)cs2)c1. The third kappa shape index (κ3) is 3.15. The van der Waals surface area contributed by atoms with Gasteiger partial charge in [0.2, 0.25) is 0 Å². The van der Waals surface area contributed by atoms with E-state index in [0.29, 0.717) is 16.1 Å². The Morgan fingerprint density at radius 2 is 2.10 bits per heavy atom. The molecule has 0 fully saturated rings. The molecule has 0 aliphatic carbocycles. The van der Waals surface area contributed by atoms with Gasteiger partial charge in [0.1, 0.15) is 5.01 Å². The van der Waals surface area contributed by atoms with E-state index in [1.807, 2.05) is 13.0 Å². The first-order valence-corrected chi connectivity index (χ1v) is 7.12. The van der Waals surface area contributed by atoms with Crippen molar-refractivity contribution in [3.63, 3.8) is 0 Å². The van der Waals surface area contributed by atoms with E-state index in [1.165, 1.54) is 24.5 Å². The fourth-order valence-corrected chi connectivity index (χ4v) is 2.69. The van der Waals surface area contributed by atoms with E-state index in [4.69, 9.17) is 0 Å². The summed E-state index contributed by atoms with van der Waals surface area (Å²) in [7, 11) is 1.52. The van der Waals surface area contributed by atoms with Crippen molar-refractivity contribution in [1.82, 2.24) is 10.3 Å². The van der Waals surface area contributed by atoms with Gasteiger partial charge in [-0.25, -0.2) is 4.98 Å². The number of aryl methyl sites for hydroxylation is 1. The molecule has 1 atom stereocenters. The van der Waals surface area contributed by atoms with Crippen molar-refractivity contribution < 1.29 is 9.59 Å². The molecule has 5 nitrogen and oxygen atoms in total. The summed E-state index contributed by atoms with van der Waals surface area (Å²) in [4.78, 5) is 28.3. The summed E-state index contributed by atoms with van der Waals surface area (Å²) >= 11 is 1.29. The van der Waals surface area contributed by atoms with Crippen molar-refractivity contribution in [1.29, 1.82) is 5.26 Å². The van der Waals surface area contributed by atoms with Crippen LogP contribution in [0.4, 0.5) is 0 Å². The molecule has 0 saturated heterocycles. The van der Waals surface area contributed by atoms with Crippen LogP contribution in [-0.2, 0) is 0 Å². The molecule has 2 aromatic rings. The first-order chi connectivity index (χ1) is 10.1. The Hall–Kier alpha value is -2.52. The van der Waals surface area contributed by atoms with Crippen LogP contribution in [0.1, 0.15) is 37.3 Å². The normalized spacial score (nSPS) is 11.5. The molecular formula is C15H13N3O2S. The van der Waals surface area contributed by atoms with Crippen molar-refractivity contribution in [2.45, 2.75) is 12.8 Å². The number of benzene rings is 1. The second-order valence-electron chi connectivity index (χ2n) is 4.41. The fraction of sp³-hybridized carbons (Fsp3) is 0.200. The second kappa shape index (κ2) is 6.29. The monoisotopic (exact) mass is 299 g/mol. The van der Waals surface area contributed by atoms with Crippen LogP contribution in [-0.4, -0.2) is 23.7 Å². The van der Waals surface area contributed by atoms with Gasteiger partial charge in [-0.05, 0) is 19.1 Å². The summed E-state index contributed by atoms with van der Waals surface area (Å²) < 4.78 is 0. The standard InChI is InChI=1S/C15H13N3O2S/c1-9-8-21-15(18-9)12(7-16)13(19)10-4-3-5-11(6-10)14(20)17-2/h3-6,8,12H,1-2H3,(H,17,20). The van der Waals surface area contributed by atoms with Gasteiger partial charge in [0, 0.05) is 29.2 Å². The van der Waals surface area contributed by atoms with Crippen LogP contribution < -0.4 is 5.32 Å². The smallest absolute Gasteiger partial charge is 0.251 e. The minimum atomic E-state index is -0.941. The van der Waals surface area contributed by atoms with Gasteiger partial charge in [0.05, 0.1) is 6.07 Å². The molecule has 0 aliphatic rings. The van der Waals surface area contributed by atoms with Crippen molar-refractivity contribution in [2.24, 2.45) is 0 Å². The number of nitrogens with zero attached hydrogens (tertiary/aromatic N) is 2. The number of nitriles is 1. The van der Waals surface area contributed by atoms with Crippen LogP contribution in [0.25, 0.3) is 0 Å². The number of rotatable bonds is 4. The van der Waals surface area contributed by atoms with Crippen LogP contribution in [0.15, 0.2) is 29.6 Å². The van der Waals surface area contributed by atoms with E-state index >= 15 is 0 Å². The number of carbonyl (C=O) groups is 2. The van der Waals surface area contributed by atoms with Gasteiger partial charge in [-0.2, -0.15) is 5.26 Å². The molecule has 1 amide bonds. The zero-order valence-corrected chi connectivity index (χ0v) is 12.4. The van der Waals surface area contributed by atoms with Crippen molar-refractivity contribution in [2.75, 3.05) is 7.05 Å². The molecule has 6 heteroatoms. The first-order valence-electron chi connectivity index (χ1n) is 6.24. The third-order valence-corrected chi connectivity index (χ3v) is 3.94. The average Bonchev–Trinajstić information content (AvgIpc) is 2.93. The molecule has 1 aromatic heterocycles. The van der Waals surface area contributed by atoms with E-state index in [2.05, 4.69) is 10.3 Å². The van der Waals surface area contributed by atoms with Gasteiger partial charge < -0.3 is 5.32 Å². The molecule has 0 saturated carbocycles. The van der Waals surface area contributed by atoms with Gasteiger partial charge in [-0.15, -0.1) is 11.3 Å². The van der Waals surface area contributed by atoms with Crippen molar-refractivity contribution in [3.8, 4) is 6.07 Å². The third-order valence-electron chi connectivity index (χ3n) is 2.91. The Kier molecular flexibility index (Phi) is 4.45. The Bertz CT molecular complexity index is 731. The number of aromatic nitrogens is 1. The minimum Gasteiger partial charge on any atom is -0.355 e. The highest BCUT2D eigenvalue weighted by molar-refractivity contribution is 7.10. The Morgan fingerprint density at radius 3 is 2.67 bits per heavy atom. The van der Waals surface area contributed by atoms with Gasteiger partial charge >= 0.3 is 0 Å².